The first-order valence-electron chi connectivity index (χ1n) is 5.97. The van der Waals surface area contributed by atoms with Crippen LogP contribution in [0.3, 0.4) is 0 Å². The Bertz CT molecular complexity index is 721. The number of carbonyl (C=O) groups is 1. The van der Waals surface area contributed by atoms with Gasteiger partial charge in [-0.1, -0.05) is 12.1 Å². The number of nitrogens with zero attached hydrogens (tertiary/aromatic N) is 1. The Morgan fingerprint density at radius 3 is 2.57 bits per heavy atom. The molecular weight excluding hydrogens is 275 g/mol. The molecule has 0 radical (unpaired) electrons. The Kier molecular flexibility index (Phi) is 4.05. The van der Waals surface area contributed by atoms with E-state index in [1.165, 1.54) is 0 Å². The van der Waals surface area contributed by atoms with E-state index in [9.17, 15) is 9.18 Å². The predicted octanol–water partition coefficient (Wildman–Crippen LogP) is 2.96. The van der Waals surface area contributed by atoms with E-state index in [0.717, 1.165) is 17.7 Å². The molecule has 0 spiro atoms. The minimum atomic E-state index is -1.40. The number of anilines is 1. The number of nitrogens with two attached hydrogens (primary N) is 1. The largest absolute Gasteiger partial charge is 0.478 e. The summed E-state index contributed by atoms with van der Waals surface area (Å²) in [7, 11) is 0. The molecule has 0 aliphatic rings. The lowest BCUT2D eigenvalue weighted by Crippen LogP contribution is -2.03. The molecule has 0 bridgehead atoms. The zero-order valence-electron chi connectivity index (χ0n) is 10.8. The molecule has 0 heterocycles. The van der Waals surface area contributed by atoms with Crippen LogP contribution in [0.1, 0.15) is 15.9 Å². The number of ether oxygens (including phenoxy) is 1. The average Bonchev–Trinajstić information content (AvgIpc) is 2.44. The van der Waals surface area contributed by atoms with Crippen molar-refractivity contribution in [3.05, 3.63) is 53.3 Å². The molecule has 0 aliphatic heterocycles. The number of benzene rings is 2. The maximum Gasteiger partial charge on any atom is 0.338 e. The molecule has 21 heavy (non-hydrogen) atoms. The van der Waals surface area contributed by atoms with Gasteiger partial charge in [-0.2, -0.15) is 5.26 Å². The Hall–Kier alpha value is -3.07. The van der Waals surface area contributed by atoms with Gasteiger partial charge in [-0.05, 0) is 23.8 Å². The molecule has 0 saturated carbocycles. The number of carboxylic acids is 1. The summed E-state index contributed by atoms with van der Waals surface area (Å²) < 4.78 is 19.0. The molecule has 5 nitrogen and oxygen atoms in total. The van der Waals surface area contributed by atoms with Crippen molar-refractivity contribution in [2.24, 2.45) is 0 Å². The molecule has 0 fully saturated rings. The molecule has 2 rings (SSSR count). The molecule has 106 valence electrons. The van der Waals surface area contributed by atoms with Gasteiger partial charge in [0.25, 0.3) is 0 Å². The highest BCUT2D eigenvalue weighted by Gasteiger charge is 2.14. The molecule has 0 aliphatic carbocycles. The van der Waals surface area contributed by atoms with Crippen molar-refractivity contribution in [1.82, 2.24) is 0 Å². The number of hydrogen-bond donors (Lipinski definition) is 2. The van der Waals surface area contributed by atoms with Crippen molar-refractivity contribution >= 4 is 11.7 Å². The summed E-state index contributed by atoms with van der Waals surface area (Å²) in [5.74, 6) is -1.88. The van der Waals surface area contributed by atoms with E-state index >= 15 is 0 Å². The summed E-state index contributed by atoms with van der Waals surface area (Å²) in [6.07, 6.45) is 0.282. The predicted molar refractivity (Wildman–Crippen MR) is 73.6 cm³/mol. The number of carboxylic acid groups (broad SMARTS) is 1. The first-order valence-corrected chi connectivity index (χ1v) is 5.97. The van der Waals surface area contributed by atoms with Gasteiger partial charge >= 0.3 is 5.97 Å². The van der Waals surface area contributed by atoms with Crippen molar-refractivity contribution < 1.29 is 19.0 Å². The number of hydrogen-bond acceptors (Lipinski definition) is 4. The maximum atomic E-state index is 13.6. The minimum Gasteiger partial charge on any atom is -0.478 e. The Morgan fingerprint density at radius 2 is 2.00 bits per heavy atom. The van der Waals surface area contributed by atoms with Crippen molar-refractivity contribution in [3.8, 4) is 17.6 Å². The Morgan fingerprint density at radius 1 is 1.33 bits per heavy atom. The van der Waals surface area contributed by atoms with Crippen LogP contribution in [-0.4, -0.2) is 11.1 Å². The van der Waals surface area contributed by atoms with Crippen molar-refractivity contribution in [3.63, 3.8) is 0 Å². The third-order valence-electron chi connectivity index (χ3n) is 2.76. The van der Waals surface area contributed by atoms with E-state index in [1.54, 1.807) is 24.3 Å². The summed E-state index contributed by atoms with van der Waals surface area (Å²) >= 11 is 0. The second-order valence-electron chi connectivity index (χ2n) is 4.26. The highest BCUT2D eigenvalue weighted by molar-refractivity contribution is 5.89. The van der Waals surface area contributed by atoms with Crippen molar-refractivity contribution in [2.45, 2.75) is 6.42 Å². The zero-order valence-corrected chi connectivity index (χ0v) is 10.8. The quantitative estimate of drug-likeness (QED) is 0.842. The van der Waals surface area contributed by atoms with Crippen LogP contribution in [0.15, 0.2) is 36.4 Å². The average molecular weight is 286 g/mol. The second kappa shape index (κ2) is 5.92. The lowest BCUT2D eigenvalue weighted by atomic mass is 10.1. The third kappa shape index (κ3) is 3.28. The van der Waals surface area contributed by atoms with Gasteiger partial charge in [-0.15, -0.1) is 0 Å². The van der Waals surface area contributed by atoms with Gasteiger partial charge in [0.2, 0.25) is 0 Å². The van der Waals surface area contributed by atoms with Crippen LogP contribution in [0.2, 0.25) is 0 Å². The van der Waals surface area contributed by atoms with E-state index in [1.807, 2.05) is 6.07 Å². The number of nitriles is 1. The van der Waals surface area contributed by atoms with Gasteiger partial charge in [-0.3, -0.25) is 0 Å². The van der Waals surface area contributed by atoms with Crippen molar-refractivity contribution in [1.29, 1.82) is 5.26 Å². The maximum absolute atomic E-state index is 13.6. The van der Waals surface area contributed by atoms with Crippen LogP contribution in [0, 0.1) is 17.1 Å². The Labute approximate surface area is 120 Å². The molecule has 0 saturated heterocycles. The van der Waals surface area contributed by atoms with Crippen LogP contribution in [0.25, 0.3) is 0 Å². The van der Waals surface area contributed by atoms with Gasteiger partial charge in [-0.25, -0.2) is 9.18 Å². The van der Waals surface area contributed by atoms with Gasteiger partial charge in [0.05, 0.1) is 23.7 Å². The second-order valence-corrected chi connectivity index (χ2v) is 4.26. The molecule has 6 heteroatoms. The fourth-order valence-corrected chi connectivity index (χ4v) is 1.72. The molecule has 0 aromatic heterocycles. The molecule has 0 atom stereocenters. The highest BCUT2D eigenvalue weighted by atomic mass is 19.1. The topological polar surface area (TPSA) is 96.3 Å². The summed E-state index contributed by atoms with van der Waals surface area (Å²) in [6, 6.07) is 10.6. The molecule has 3 N–H and O–H groups in total. The third-order valence-corrected chi connectivity index (χ3v) is 2.76. The van der Waals surface area contributed by atoms with Crippen LogP contribution < -0.4 is 10.5 Å². The van der Waals surface area contributed by atoms with Crippen molar-refractivity contribution in [2.75, 3.05) is 5.73 Å². The van der Waals surface area contributed by atoms with E-state index in [0.29, 0.717) is 5.75 Å². The molecule has 2 aromatic rings. The molecular formula is C15H11FN2O3. The number of rotatable bonds is 4. The van der Waals surface area contributed by atoms with E-state index in [-0.39, 0.29) is 17.9 Å². The SMILES string of the molecule is N#CCc1ccc(Oc2cc(F)c(C(=O)O)cc2N)cc1. The Balaban J connectivity index is 2.25. The molecule has 0 amide bonds. The summed E-state index contributed by atoms with van der Waals surface area (Å²) in [5.41, 5.74) is 5.99. The number of nitrogen functional groups attached to an aromatic ring is 1. The van der Waals surface area contributed by atoms with Crippen LogP contribution in [0.4, 0.5) is 10.1 Å². The standard InChI is InChI=1S/C15H11FN2O3/c16-12-8-14(13(18)7-11(12)15(19)20)21-10-3-1-9(2-4-10)5-6-17/h1-4,7-8H,5,18H2,(H,19,20). The summed E-state index contributed by atoms with van der Waals surface area (Å²) in [4.78, 5) is 10.8. The van der Waals surface area contributed by atoms with E-state index in [2.05, 4.69) is 0 Å². The van der Waals surface area contributed by atoms with Crippen LogP contribution in [-0.2, 0) is 6.42 Å². The van der Waals surface area contributed by atoms with Gasteiger partial charge < -0.3 is 15.6 Å². The summed E-state index contributed by atoms with van der Waals surface area (Å²) in [5, 5.41) is 17.4. The zero-order chi connectivity index (χ0) is 15.4. The number of halogens is 1. The first-order chi connectivity index (χ1) is 10.0. The van der Waals surface area contributed by atoms with Gasteiger partial charge in [0.15, 0.2) is 5.75 Å². The smallest absolute Gasteiger partial charge is 0.338 e. The van der Waals surface area contributed by atoms with Crippen LogP contribution >= 0.6 is 0 Å². The van der Waals surface area contributed by atoms with E-state index < -0.39 is 17.3 Å². The fourth-order valence-electron chi connectivity index (χ4n) is 1.72. The fraction of sp³-hybridized carbons (Fsp3) is 0.0667. The summed E-state index contributed by atoms with van der Waals surface area (Å²) in [6.45, 7) is 0. The lowest BCUT2D eigenvalue weighted by molar-refractivity contribution is 0.0692. The van der Waals surface area contributed by atoms with Gasteiger partial charge in [0.1, 0.15) is 11.6 Å². The minimum absolute atomic E-state index is 0.0231. The molecule has 2 aromatic carbocycles. The first kappa shape index (κ1) is 14.3. The number of aromatic carboxylic acids is 1. The van der Waals surface area contributed by atoms with E-state index in [4.69, 9.17) is 20.8 Å². The molecule has 0 unspecified atom stereocenters. The monoisotopic (exact) mass is 286 g/mol. The van der Waals surface area contributed by atoms with Crippen LogP contribution in [0.5, 0.6) is 11.5 Å². The lowest BCUT2D eigenvalue weighted by Gasteiger charge is -2.10. The highest BCUT2D eigenvalue weighted by Crippen LogP contribution is 2.30. The van der Waals surface area contributed by atoms with Gasteiger partial charge in [0, 0.05) is 6.07 Å². The normalized spacial score (nSPS) is 9.90.